The van der Waals surface area contributed by atoms with Crippen LogP contribution in [-0.4, -0.2) is 28.4 Å². The first-order chi connectivity index (χ1) is 19.9. The second-order valence-corrected chi connectivity index (χ2v) is 10.4. The molecule has 0 saturated heterocycles. The van der Waals surface area contributed by atoms with Crippen LogP contribution >= 0.6 is 7.82 Å². The summed E-state index contributed by atoms with van der Waals surface area (Å²) in [7, 11) is 2.00. The van der Waals surface area contributed by atoms with Crippen molar-refractivity contribution in [2.24, 2.45) is 0 Å². The fraction of sp³-hybridized carbons (Fsp3) is 0.188. The monoisotopic (exact) mass is 576 g/mol. The molecule has 41 heavy (non-hydrogen) atoms. The second-order valence-electron chi connectivity index (χ2n) is 8.81. The fourth-order valence-corrected chi connectivity index (χ4v) is 5.20. The van der Waals surface area contributed by atoms with Crippen LogP contribution in [0.1, 0.15) is 22.3 Å². The SMILES string of the molecule is C=C(c1ccc(OC)c(OP(=O)(OCc2ccccc2)OCc2ccccc2)c1)c1cc(OC)c(OC)c(OC)c1. The standard InChI is InChI=1S/C32H33O8P/c1-23(27-19-30(35-3)32(37-5)31(20-27)36-4)26-16-17-28(34-2)29(18-26)40-41(33,38-21-24-12-8-6-9-13-24)39-22-25-14-10-7-11-15-25/h6-20H,1,21-22H2,2-5H3. The highest BCUT2D eigenvalue weighted by Gasteiger charge is 2.31. The average Bonchev–Trinajstić information content (AvgIpc) is 3.02. The predicted molar refractivity (Wildman–Crippen MR) is 158 cm³/mol. The van der Waals surface area contributed by atoms with Gasteiger partial charge in [0.2, 0.25) is 5.75 Å². The smallest absolute Gasteiger partial charge is 0.493 e. The quantitative estimate of drug-likeness (QED) is 0.141. The highest BCUT2D eigenvalue weighted by atomic mass is 31.2. The summed E-state index contributed by atoms with van der Waals surface area (Å²) in [5.74, 6) is 1.96. The molecule has 0 amide bonds. The molecule has 4 aromatic rings. The number of rotatable bonds is 14. The fourth-order valence-electron chi connectivity index (χ4n) is 4.02. The van der Waals surface area contributed by atoms with Crippen molar-refractivity contribution < 1.29 is 37.1 Å². The molecule has 4 rings (SSSR count). The molecule has 0 aliphatic heterocycles. The lowest BCUT2D eigenvalue weighted by Gasteiger charge is -2.21. The normalized spacial score (nSPS) is 11.0. The largest absolute Gasteiger partial charge is 0.530 e. The molecule has 0 aromatic heterocycles. The average molecular weight is 577 g/mol. The van der Waals surface area contributed by atoms with Gasteiger partial charge in [0.25, 0.3) is 0 Å². The third-order valence-corrected chi connectivity index (χ3v) is 7.51. The molecule has 0 heterocycles. The molecule has 0 radical (unpaired) electrons. The van der Waals surface area contributed by atoms with E-state index in [0.717, 1.165) is 16.7 Å². The molecule has 0 aliphatic rings. The van der Waals surface area contributed by atoms with E-state index in [9.17, 15) is 4.57 Å². The maximum absolute atomic E-state index is 14.0. The van der Waals surface area contributed by atoms with Crippen molar-refractivity contribution in [1.29, 1.82) is 0 Å². The Morgan fingerprint density at radius 2 is 1.10 bits per heavy atom. The van der Waals surface area contributed by atoms with Crippen molar-refractivity contribution in [2.75, 3.05) is 28.4 Å². The zero-order valence-corrected chi connectivity index (χ0v) is 24.4. The molecule has 0 aliphatic carbocycles. The van der Waals surface area contributed by atoms with Gasteiger partial charge >= 0.3 is 7.82 Å². The lowest BCUT2D eigenvalue weighted by molar-refractivity contribution is 0.142. The van der Waals surface area contributed by atoms with Gasteiger partial charge in [-0.05, 0) is 52.1 Å². The summed E-state index contributed by atoms with van der Waals surface area (Å²) in [5, 5.41) is 0. The van der Waals surface area contributed by atoms with E-state index in [1.165, 1.54) is 7.11 Å². The Hall–Kier alpha value is -4.23. The summed E-state index contributed by atoms with van der Waals surface area (Å²) in [6, 6.07) is 27.5. The van der Waals surface area contributed by atoms with Gasteiger partial charge in [-0.15, -0.1) is 0 Å². The van der Waals surface area contributed by atoms with E-state index in [0.29, 0.717) is 34.1 Å². The van der Waals surface area contributed by atoms with Crippen molar-refractivity contribution in [3.63, 3.8) is 0 Å². The highest BCUT2D eigenvalue weighted by molar-refractivity contribution is 7.48. The van der Waals surface area contributed by atoms with Crippen LogP contribution in [0.15, 0.2) is 97.6 Å². The van der Waals surface area contributed by atoms with Gasteiger partial charge in [-0.25, -0.2) is 4.57 Å². The van der Waals surface area contributed by atoms with Gasteiger partial charge in [0.05, 0.1) is 41.7 Å². The molecule has 0 saturated carbocycles. The number of phosphoric acid groups is 1. The van der Waals surface area contributed by atoms with Crippen molar-refractivity contribution in [3.05, 3.63) is 120 Å². The van der Waals surface area contributed by atoms with E-state index in [2.05, 4.69) is 6.58 Å². The van der Waals surface area contributed by atoms with Crippen LogP contribution in [0, 0.1) is 0 Å². The first-order valence-corrected chi connectivity index (χ1v) is 14.2. The van der Waals surface area contributed by atoms with E-state index in [-0.39, 0.29) is 19.0 Å². The Labute approximate surface area is 240 Å². The van der Waals surface area contributed by atoms with Crippen LogP contribution in [0.4, 0.5) is 0 Å². The van der Waals surface area contributed by atoms with E-state index in [1.54, 1.807) is 45.6 Å². The van der Waals surface area contributed by atoms with Crippen LogP contribution in [0.2, 0.25) is 0 Å². The van der Waals surface area contributed by atoms with Crippen LogP contribution in [0.3, 0.4) is 0 Å². The molecular formula is C32H33O8P. The Balaban J connectivity index is 1.66. The highest BCUT2D eigenvalue weighted by Crippen LogP contribution is 2.53. The maximum Gasteiger partial charge on any atom is 0.530 e. The van der Waals surface area contributed by atoms with Gasteiger partial charge in [0.1, 0.15) is 0 Å². The summed E-state index contributed by atoms with van der Waals surface area (Å²) >= 11 is 0. The third kappa shape index (κ3) is 7.50. The van der Waals surface area contributed by atoms with Gasteiger partial charge < -0.3 is 23.5 Å². The first-order valence-electron chi connectivity index (χ1n) is 12.7. The molecule has 0 bridgehead atoms. The number of phosphoric ester groups is 1. The summed E-state index contributed by atoms with van der Waals surface area (Å²) in [5.41, 5.74) is 3.65. The number of hydrogen-bond acceptors (Lipinski definition) is 8. The van der Waals surface area contributed by atoms with Crippen molar-refractivity contribution >= 4 is 13.4 Å². The zero-order valence-electron chi connectivity index (χ0n) is 23.5. The summed E-state index contributed by atoms with van der Waals surface area (Å²) < 4.78 is 53.5. The van der Waals surface area contributed by atoms with E-state index in [4.69, 9.17) is 32.5 Å². The summed E-state index contributed by atoms with van der Waals surface area (Å²) in [6.07, 6.45) is 0. The molecule has 0 unspecified atom stereocenters. The molecular weight excluding hydrogens is 543 g/mol. The van der Waals surface area contributed by atoms with E-state index in [1.807, 2.05) is 66.7 Å². The Morgan fingerprint density at radius 1 is 0.610 bits per heavy atom. The third-order valence-electron chi connectivity index (χ3n) is 6.20. The van der Waals surface area contributed by atoms with Crippen molar-refractivity contribution in [2.45, 2.75) is 13.2 Å². The van der Waals surface area contributed by atoms with Gasteiger partial charge in [-0.3, -0.25) is 9.05 Å². The predicted octanol–water partition coefficient (Wildman–Crippen LogP) is 7.70. The molecule has 0 N–H and O–H groups in total. The Kier molecular flexibility index (Phi) is 10.1. The van der Waals surface area contributed by atoms with Crippen LogP contribution < -0.4 is 23.5 Å². The number of ether oxygens (including phenoxy) is 4. The number of methoxy groups -OCH3 is 4. The molecule has 9 heteroatoms. The topological polar surface area (TPSA) is 81.7 Å². The Morgan fingerprint density at radius 3 is 1.56 bits per heavy atom. The van der Waals surface area contributed by atoms with E-state index >= 15 is 0 Å². The van der Waals surface area contributed by atoms with Gasteiger partial charge in [-0.1, -0.05) is 73.3 Å². The van der Waals surface area contributed by atoms with Gasteiger partial charge in [0, 0.05) is 0 Å². The zero-order chi connectivity index (χ0) is 29.2. The van der Waals surface area contributed by atoms with Crippen LogP contribution in [0.25, 0.3) is 5.57 Å². The lowest BCUT2D eigenvalue weighted by Crippen LogP contribution is -2.05. The van der Waals surface area contributed by atoms with Crippen LogP contribution in [0.5, 0.6) is 28.7 Å². The Bertz CT molecular complexity index is 1430. The molecule has 0 spiro atoms. The first kappa shape index (κ1) is 29.7. The minimum atomic E-state index is -4.14. The van der Waals surface area contributed by atoms with Crippen molar-refractivity contribution in [3.8, 4) is 28.7 Å². The van der Waals surface area contributed by atoms with Gasteiger partial charge in [-0.2, -0.15) is 0 Å². The van der Waals surface area contributed by atoms with Crippen LogP contribution in [-0.2, 0) is 26.8 Å². The van der Waals surface area contributed by atoms with E-state index < -0.39 is 7.82 Å². The molecule has 8 nitrogen and oxygen atoms in total. The maximum atomic E-state index is 14.0. The lowest BCUT2D eigenvalue weighted by atomic mass is 9.98. The summed E-state index contributed by atoms with van der Waals surface area (Å²) in [6.45, 7) is 4.31. The second kappa shape index (κ2) is 13.9. The summed E-state index contributed by atoms with van der Waals surface area (Å²) in [4.78, 5) is 0. The molecule has 0 fully saturated rings. The minimum absolute atomic E-state index is 0.0209. The minimum Gasteiger partial charge on any atom is -0.493 e. The van der Waals surface area contributed by atoms with Crippen molar-refractivity contribution in [1.82, 2.24) is 0 Å². The molecule has 0 atom stereocenters. The molecule has 4 aromatic carbocycles. The number of hydrogen-bond donors (Lipinski definition) is 0. The molecule has 214 valence electrons. The number of benzene rings is 4. The van der Waals surface area contributed by atoms with Gasteiger partial charge in [0.15, 0.2) is 23.0 Å².